The van der Waals surface area contributed by atoms with E-state index in [1.54, 1.807) is 0 Å². The summed E-state index contributed by atoms with van der Waals surface area (Å²) in [5, 5.41) is 0. The van der Waals surface area contributed by atoms with Gasteiger partial charge in [-0.1, -0.05) is 217 Å². The van der Waals surface area contributed by atoms with Crippen LogP contribution in [0, 0.1) is 0 Å². The van der Waals surface area contributed by atoms with Crippen LogP contribution in [0.4, 0.5) is 0 Å². The van der Waals surface area contributed by atoms with Gasteiger partial charge in [-0.15, -0.1) is 0 Å². The van der Waals surface area contributed by atoms with Crippen LogP contribution in [0.1, 0.15) is 213 Å². The lowest BCUT2D eigenvalue weighted by Gasteiger charge is -2.18. The van der Waals surface area contributed by atoms with Crippen molar-refractivity contribution in [3.63, 3.8) is 0 Å². The molecule has 0 aromatic carbocycles. The number of ether oxygens (including phenoxy) is 3. The van der Waals surface area contributed by atoms with Gasteiger partial charge in [-0.25, -0.2) is 0 Å². The molecule has 0 heterocycles. The molecule has 0 aromatic heterocycles. The first-order valence-corrected chi connectivity index (χ1v) is 28.0. The summed E-state index contributed by atoms with van der Waals surface area (Å²) < 4.78 is 16.7. The van der Waals surface area contributed by atoms with Crippen LogP contribution < -0.4 is 0 Å². The van der Waals surface area contributed by atoms with Gasteiger partial charge in [0.15, 0.2) is 6.10 Å². The Kier molecular flexibility index (Phi) is 53.6. The molecule has 6 nitrogen and oxygen atoms in total. The van der Waals surface area contributed by atoms with E-state index in [0.717, 1.165) is 141 Å². The van der Waals surface area contributed by atoms with Crippen LogP contribution in [-0.4, -0.2) is 37.2 Å². The summed E-state index contributed by atoms with van der Waals surface area (Å²) in [7, 11) is 0. The highest BCUT2D eigenvalue weighted by Crippen LogP contribution is 2.12. The van der Waals surface area contributed by atoms with Crippen molar-refractivity contribution in [2.75, 3.05) is 13.2 Å². The summed E-state index contributed by atoms with van der Waals surface area (Å²) in [5.41, 5.74) is 0. The van der Waals surface area contributed by atoms with Crippen LogP contribution >= 0.6 is 0 Å². The standard InChI is InChI=1S/C65H100O6/c1-4-7-10-13-16-19-22-24-26-28-29-30-31-32-33-34-35-37-38-40-43-46-49-52-55-58-64(67)70-61-62(60-69-63(66)57-54-51-48-45-42-21-18-15-12-9-6-3)71-65(68)59-56-53-50-47-44-41-39-36-27-25-23-20-17-14-11-8-5-2/h7-8,10-11,15-20,24-27,29-30,32-33,35,37,39-41,43,47,50,62H,4-6,9,12-14,21-23,28,31,34,36,38,42,44-46,48-49,51-61H2,1-3H3/b10-7-,11-8-,18-15-,19-16-,20-17-,26-24-,27-25-,30-29-,33-32-,37-35-,41-39-,43-40-,50-47-. The first kappa shape index (κ1) is 66.0. The van der Waals surface area contributed by atoms with Gasteiger partial charge in [0.05, 0.1) is 0 Å². The molecule has 0 bridgehead atoms. The molecule has 0 saturated carbocycles. The summed E-state index contributed by atoms with van der Waals surface area (Å²) in [4.78, 5) is 38.0. The molecule has 6 heteroatoms. The van der Waals surface area contributed by atoms with Crippen molar-refractivity contribution >= 4 is 17.9 Å². The second-order valence-electron chi connectivity index (χ2n) is 17.7. The summed E-state index contributed by atoms with van der Waals surface area (Å²) >= 11 is 0. The zero-order valence-corrected chi connectivity index (χ0v) is 45.2. The van der Waals surface area contributed by atoms with Gasteiger partial charge in [0, 0.05) is 19.3 Å². The second kappa shape index (κ2) is 57.6. The first-order chi connectivity index (χ1) is 35.0. The fraction of sp³-hybridized carbons (Fsp3) is 0.554. The van der Waals surface area contributed by atoms with E-state index in [2.05, 4.69) is 179 Å². The molecule has 0 fully saturated rings. The predicted molar refractivity (Wildman–Crippen MR) is 306 cm³/mol. The van der Waals surface area contributed by atoms with E-state index in [1.807, 2.05) is 0 Å². The quantitative estimate of drug-likeness (QED) is 0.0262. The maximum atomic E-state index is 12.8. The van der Waals surface area contributed by atoms with Gasteiger partial charge in [-0.3, -0.25) is 14.4 Å². The molecule has 1 atom stereocenters. The van der Waals surface area contributed by atoms with E-state index in [-0.39, 0.29) is 37.5 Å². The van der Waals surface area contributed by atoms with E-state index in [4.69, 9.17) is 14.2 Å². The van der Waals surface area contributed by atoms with Crippen LogP contribution in [0.25, 0.3) is 0 Å². The number of esters is 3. The molecule has 0 spiro atoms. The maximum absolute atomic E-state index is 12.8. The van der Waals surface area contributed by atoms with Crippen LogP contribution in [-0.2, 0) is 28.6 Å². The van der Waals surface area contributed by atoms with Crippen molar-refractivity contribution in [3.8, 4) is 0 Å². The molecular formula is C65H100O6. The highest BCUT2D eigenvalue weighted by molar-refractivity contribution is 5.71. The molecule has 71 heavy (non-hydrogen) atoms. The molecule has 0 rings (SSSR count). The zero-order valence-electron chi connectivity index (χ0n) is 45.2. The van der Waals surface area contributed by atoms with Gasteiger partial charge in [0.1, 0.15) is 13.2 Å². The molecule has 0 aromatic rings. The SMILES string of the molecule is CC/C=C\C/C=C\C/C=C\C/C=C\C/C=C\C/C=C\C/C=C\CCCCCC(=O)OCC(COC(=O)CCCCCCC/C=C\CCCC)OC(=O)CCC/C=C\C/C=C\C/C=C\C/C=C\C/C=C\CC. The number of hydrogen-bond acceptors (Lipinski definition) is 6. The molecule has 1 unspecified atom stereocenters. The third-order valence-corrected chi connectivity index (χ3v) is 11.0. The van der Waals surface area contributed by atoms with Crippen LogP contribution in [0.15, 0.2) is 158 Å². The summed E-state index contributed by atoms with van der Waals surface area (Å²) in [6, 6.07) is 0. The fourth-order valence-electron chi connectivity index (χ4n) is 6.85. The van der Waals surface area contributed by atoms with Crippen molar-refractivity contribution < 1.29 is 28.6 Å². The van der Waals surface area contributed by atoms with E-state index in [0.29, 0.717) is 19.3 Å². The smallest absolute Gasteiger partial charge is 0.306 e. The molecule has 0 aliphatic rings. The van der Waals surface area contributed by atoms with Crippen molar-refractivity contribution in [1.29, 1.82) is 0 Å². The second-order valence-corrected chi connectivity index (χ2v) is 17.7. The normalized spacial score (nSPS) is 13.3. The average Bonchev–Trinajstić information content (AvgIpc) is 3.37. The van der Waals surface area contributed by atoms with E-state index in [9.17, 15) is 14.4 Å². The Hall–Kier alpha value is -4.97. The Bertz CT molecular complexity index is 1640. The van der Waals surface area contributed by atoms with Crippen molar-refractivity contribution in [2.45, 2.75) is 219 Å². The number of carbonyl (C=O) groups excluding carboxylic acids is 3. The Labute approximate surface area is 435 Å². The molecule has 0 aliphatic heterocycles. The van der Waals surface area contributed by atoms with Crippen LogP contribution in [0.5, 0.6) is 0 Å². The van der Waals surface area contributed by atoms with Gasteiger partial charge in [0.25, 0.3) is 0 Å². The lowest BCUT2D eigenvalue weighted by molar-refractivity contribution is -0.167. The largest absolute Gasteiger partial charge is 0.462 e. The number of allylic oxidation sites excluding steroid dienone is 26. The Morgan fingerprint density at radius 1 is 0.296 bits per heavy atom. The third kappa shape index (κ3) is 55.8. The van der Waals surface area contributed by atoms with E-state index >= 15 is 0 Å². The highest BCUT2D eigenvalue weighted by atomic mass is 16.6. The average molecular weight is 978 g/mol. The number of unbranched alkanes of at least 4 members (excludes halogenated alkanes) is 11. The number of hydrogen-bond donors (Lipinski definition) is 0. The zero-order chi connectivity index (χ0) is 51.4. The molecule has 0 aliphatic carbocycles. The molecule has 0 radical (unpaired) electrons. The maximum Gasteiger partial charge on any atom is 0.306 e. The summed E-state index contributed by atoms with van der Waals surface area (Å²) in [6.45, 7) is 6.26. The van der Waals surface area contributed by atoms with Crippen molar-refractivity contribution in [3.05, 3.63) is 158 Å². The summed E-state index contributed by atoms with van der Waals surface area (Å²) in [5.74, 6) is -1.04. The Balaban J connectivity index is 4.51. The minimum Gasteiger partial charge on any atom is -0.462 e. The minimum absolute atomic E-state index is 0.123. The van der Waals surface area contributed by atoms with Gasteiger partial charge < -0.3 is 14.2 Å². The topological polar surface area (TPSA) is 78.9 Å². The van der Waals surface area contributed by atoms with E-state index in [1.165, 1.54) is 25.7 Å². The van der Waals surface area contributed by atoms with Gasteiger partial charge in [0.2, 0.25) is 0 Å². The summed E-state index contributed by atoms with van der Waals surface area (Å²) in [6.07, 6.45) is 83.8. The number of rotatable bonds is 48. The van der Waals surface area contributed by atoms with Crippen molar-refractivity contribution in [2.24, 2.45) is 0 Å². The van der Waals surface area contributed by atoms with Gasteiger partial charge in [-0.2, -0.15) is 0 Å². The fourth-order valence-corrected chi connectivity index (χ4v) is 6.85. The lowest BCUT2D eigenvalue weighted by atomic mass is 10.1. The van der Waals surface area contributed by atoms with E-state index < -0.39 is 6.10 Å². The molecule has 0 amide bonds. The Morgan fingerprint density at radius 3 is 0.930 bits per heavy atom. The molecule has 0 saturated heterocycles. The monoisotopic (exact) mass is 977 g/mol. The predicted octanol–water partition coefficient (Wildman–Crippen LogP) is 19.0. The van der Waals surface area contributed by atoms with Crippen molar-refractivity contribution in [1.82, 2.24) is 0 Å². The highest BCUT2D eigenvalue weighted by Gasteiger charge is 2.19. The first-order valence-electron chi connectivity index (χ1n) is 28.0. The van der Waals surface area contributed by atoms with Crippen LogP contribution in [0.3, 0.4) is 0 Å². The van der Waals surface area contributed by atoms with Gasteiger partial charge in [-0.05, 0) is 135 Å². The van der Waals surface area contributed by atoms with Gasteiger partial charge >= 0.3 is 17.9 Å². The molecular weight excluding hydrogens is 877 g/mol. The molecule has 396 valence electrons. The molecule has 0 N–H and O–H groups in total. The third-order valence-electron chi connectivity index (χ3n) is 11.0. The Morgan fingerprint density at radius 2 is 0.563 bits per heavy atom. The minimum atomic E-state index is -0.833. The van der Waals surface area contributed by atoms with Crippen LogP contribution in [0.2, 0.25) is 0 Å². The lowest BCUT2D eigenvalue weighted by Crippen LogP contribution is -2.30. The number of carbonyl (C=O) groups is 3.